The Morgan fingerprint density at radius 3 is 2.60 bits per heavy atom. The Hall–Kier alpha value is -3.30. The predicted molar refractivity (Wildman–Crippen MR) is 86.4 cm³/mol. The van der Waals surface area contributed by atoms with Crippen LogP contribution < -0.4 is 16.6 Å². The number of aryl methyl sites for hydroxylation is 2. The molecule has 2 rings (SSSR count). The molecule has 0 saturated heterocycles. The van der Waals surface area contributed by atoms with Crippen LogP contribution >= 0.6 is 0 Å². The molecule has 4 N–H and O–H groups in total. The molecule has 10 nitrogen and oxygen atoms in total. The summed E-state index contributed by atoms with van der Waals surface area (Å²) in [4.78, 5) is 35.5. The summed E-state index contributed by atoms with van der Waals surface area (Å²) in [5, 5.41) is 3.86. The third-order valence-electron chi connectivity index (χ3n) is 3.27. The second kappa shape index (κ2) is 7.51. The number of nitrogens with one attached hydrogen (secondary N) is 2. The zero-order valence-corrected chi connectivity index (χ0v) is 14.1. The molecular formula is C15H19N5O5. The van der Waals surface area contributed by atoms with Crippen molar-refractivity contribution in [2.75, 3.05) is 12.3 Å². The number of hydrogen-bond acceptors (Lipinski definition) is 7. The number of carbonyl (C=O) groups excluding carboxylic acids is 3. The minimum absolute atomic E-state index is 0.00114. The van der Waals surface area contributed by atoms with Crippen molar-refractivity contribution < 1.29 is 23.5 Å². The molecule has 0 atom stereocenters. The summed E-state index contributed by atoms with van der Waals surface area (Å²) in [6.45, 7) is 4.94. The Kier molecular flexibility index (Phi) is 5.42. The number of anilines is 1. The molecule has 10 heteroatoms. The first kappa shape index (κ1) is 18.0. The molecule has 134 valence electrons. The number of nitrogen functional groups attached to an aromatic ring is 1. The van der Waals surface area contributed by atoms with Crippen LogP contribution in [-0.4, -0.2) is 34.2 Å². The Bertz CT molecular complexity index is 807. The van der Waals surface area contributed by atoms with Crippen LogP contribution in [0.3, 0.4) is 0 Å². The first-order valence-electron chi connectivity index (χ1n) is 7.48. The van der Waals surface area contributed by atoms with E-state index in [0.29, 0.717) is 17.1 Å². The molecule has 2 aromatic rings. The number of hydrazine groups is 1. The number of nitrogens with zero attached hydrogens (tertiary/aromatic N) is 2. The highest BCUT2D eigenvalue weighted by Gasteiger charge is 2.18. The average molecular weight is 349 g/mol. The van der Waals surface area contributed by atoms with E-state index >= 15 is 0 Å². The van der Waals surface area contributed by atoms with Gasteiger partial charge in [-0.25, -0.2) is 9.48 Å². The van der Waals surface area contributed by atoms with Crippen molar-refractivity contribution in [2.45, 2.75) is 27.3 Å². The van der Waals surface area contributed by atoms with E-state index in [9.17, 15) is 14.4 Å². The standard InChI is InChI=1S/C15H19N5O5/c1-4-24-15(23)11-6-17-20(13(11)16)7-12(21)18-19-14(22)10-5-8(2)25-9(10)3/h5-6H,4,7,16H2,1-3H3,(H,18,21)(H,19,22). The highest BCUT2D eigenvalue weighted by Crippen LogP contribution is 2.13. The van der Waals surface area contributed by atoms with E-state index in [1.165, 1.54) is 6.20 Å². The van der Waals surface area contributed by atoms with Gasteiger partial charge in [0.1, 0.15) is 29.4 Å². The summed E-state index contributed by atoms with van der Waals surface area (Å²) in [6.07, 6.45) is 1.22. The number of hydrogen-bond donors (Lipinski definition) is 3. The summed E-state index contributed by atoms with van der Waals surface area (Å²) in [5.41, 5.74) is 10.7. The maximum atomic E-state index is 12.0. The quantitative estimate of drug-likeness (QED) is 0.521. The lowest BCUT2D eigenvalue weighted by molar-refractivity contribution is -0.122. The van der Waals surface area contributed by atoms with E-state index in [0.717, 1.165) is 4.68 Å². The van der Waals surface area contributed by atoms with E-state index in [2.05, 4.69) is 16.0 Å². The zero-order valence-electron chi connectivity index (χ0n) is 14.1. The van der Waals surface area contributed by atoms with Crippen molar-refractivity contribution in [3.05, 3.63) is 34.9 Å². The molecule has 0 aliphatic carbocycles. The largest absolute Gasteiger partial charge is 0.466 e. The van der Waals surface area contributed by atoms with E-state index in [-0.39, 0.29) is 24.5 Å². The summed E-state index contributed by atoms with van der Waals surface area (Å²) in [5.74, 6) is -0.670. The van der Waals surface area contributed by atoms with Gasteiger partial charge in [0.05, 0.1) is 18.4 Å². The Labute approximate surface area is 143 Å². The van der Waals surface area contributed by atoms with Gasteiger partial charge in [-0.1, -0.05) is 0 Å². The predicted octanol–water partition coefficient (Wildman–Crippen LogP) is 0.313. The van der Waals surface area contributed by atoms with Gasteiger partial charge < -0.3 is 14.9 Å². The van der Waals surface area contributed by atoms with E-state index in [1.54, 1.807) is 26.8 Å². The first-order chi connectivity index (χ1) is 11.8. The summed E-state index contributed by atoms with van der Waals surface area (Å²) in [6, 6.07) is 1.56. The van der Waals surface area contributed by atoms with Crippen molar-refractivity contribution in [1.82, 2.24) is 20.6 Å². The fourth-order valence-electron chi connectivity index (χ4n) is 2.11. The summed E-state index contributed by atoms with van der Waals surface area (Å²) in [7, 11) is 0. The van der Waals surface area contributed by atoms with Gasteiger partial charge in [0.25, 0.3) is 11.8 Å². The molecule has 0 aliphatic rings. The number of amides is 2. The van der Waals surface area contributed by atoms with E-state index in [4.69, 9.17) is 14.9 Å². The number of aromatic nitrogens is 2. The minimum atomic E-state index is -0.620. The fraction of sp³-hybridized carbons (Fsp3) is 0.333. The van der Waals surface area contributed by atoms with Crippen LogP contribution in [0.15, 0.2) is 16.7 Å². The molecule has 0 fully saturated rings. The van der Waals surface area contributed by atoms with Crippen LogP contribution in [0.25, 0.3) is 0 Å². The second-order valence-corrected chi connectivity index (χ2v) is 5.15. The highest BCUT2D eigenvalue weighted by atomic mass is 16.5. The summed E-state index contributed by atoms with van der Waals surface area (Å²) < 4.78 is 11.2. The molecule has 25 heavy (non-hydrogen) atoms. The fourth-order valence-corrected chi connectivity index (χ4v) is 2.11. The molecule has 0 radical (unpaired) electrons. The van der Waals surface area contributed by atoms with Gasteiger partial charge in [-0.2, -0.15) is 5.10 Å². The minimum Gasteiger partial charge on any atom is -0.466 e. The number of ether oxygens (including phenoxy) is 1. The van der Waals surface area contributed by atoms with Crippen LogP contribution in [0.5, 0.6) is 0 Å². The van der Waals surface area contributed by atoms with Crippen LogP contribution in [0.4, 0.5) is 5.82 Å². The molecule has 0 saturated carbocycles. The van der Waals surface area contributed by atoms with Crippen LogP contribution in [0.1, 0.15) is 39.2 Å². The summed E-state index contributed by atoms with van der Waals surface area (Å²) >= 11 is 0. The third kappa shape index (κ3) is 4.16. The molecular weight excluding hydrogens is 330 g/mol. The van der Waals surface area contributed by atoms with Crippen LogP contribution in [-0.2, 0) is 16.1 Å². The van der Waals surface area contributed by atoms with Gasteiger partial charge in [-0.15, -0.1) is 0 Å². The number of furan rings is 1. The first-order valence-corrected chi connectivity index (χ1v) is 7.48. The lowest BCUT2D eigenvalue weighted by Crippen LogP contribution is -2.43. The van der Waals surface area contributed by atoms with Gasteiger partial charge in [0.15, 0.2) is 0 Å². The van der Waals surface area contributed by atoms with Gasteiger partial charge in [0, 0.05) is 0 Å². The van der Waals surface area contributed by atoms with Crippen molar-refractivity contribution in [1.29, 1.82) is 0 Å². The van der Waals surface area contributed by atoms with Gasteiger partial charge in [-0.3, -0.25) is 20.4 Å². The maximum absolute atomic E-state index is 12.0. The topological polar surface area (TPSA) is 141 Å². The molecule has 2 amide bonds. The number of carbonyl (C=O) groups is 3. The van der Waals surface area contributed by atoms with Crippen molar-refractivity contribution in [2.24, 2.45) is 0 Å². The average Bonchev–Trinajstić information content (AvgIpc) is 3.08. The zero-order chi connectivity index (χ0) is 18.6. The van der Waals surface area contributed by atoms with Crippen LogP contribution in [0.2, 0.25) is 0 Å². The Morgan fingerprint density at radius 2 is 2.00 bits per heavy atom. The van der Waals surface area contributed by atoms with Crippen molar-refractivity contribution >= 4 is 23.6 Å². The Morgan fingerprint density at radius 1 is 1.28 bits per heavy atom. The molecule has 0 aromatic carbocycles. The lowest BCUT2D eigenvalue weighted by atomic mass is 10.2. The maximum Gasteiger partial charge on any atom is 0.343 e. The normalized spacial score (nSPS) is 10.4. The number of esters is 1. The molecule has 2 aromatic heterocycles. The van der Waals surface area contributed by atoms with Crippen LogP contribution in [0, 0.1) is 13.8 Å². The monoisotopic (exact) mass is 349 g/mol. The molecule has 2 heterocycles. The number of nitrogens with two attached hydrogens (primary N) is 1. The highest BCUT2D eigenvalue weighted by molar-refractivity contribution is 5.96. The number of rotatable bonds is 5. The second-order valence-electron chi connectivity index (χ2n) is 5.15. The van der Waals surface area contributed by atoms with E-state index < -0.39 is 17.8 Å². The van der Waals surface area contributed by atoms with Gasteiger partial charge >= 0.3 is 5.97 Å². The van der Waals surface area contributed by atoms with Crippen molar-refractivity contribution in [3.8, 4) is 0 Å². The molecule has 0 bridgehead atoms. The smallest absolute Gasteiger partial charge is 0.343 e. The third-order valence-corrected chi connectivity index (χ3v) is 3.27. The lowest BCUT2D eigenvalue weighted by Gasteiger charge is -2.08. The van der Waals surface area contributed by atoms with Gasteiger partial charge in [0.2, 0.25) is 0 Å². The van der Waals surface area contributed by atoms with Crippen molar-refractivity contribution in [3.63, 3.8) is 0 Å². The Balaban J connectivity index is 1.93. The van der Waals surface area contributed by atoms with Gasteiger partial charge in [-0.05, 0) is 26.8 Å². The molecule has 0 aliphatic heterocycles. The SMILES string of the molecule is CCOC(=O)c1cnn(CC(=O)NNC(=O)c2cc(C)oc2C)c1N. The van der Waals surface area contributed by atoms with E-state index in [1.807, 2.05) is 0 Å². The molecule has 0 unspecified atom stereocenters. The molecule has 0 spiro atoms.